The van der Waals surface area contributed by atoms with Crippen LogP contribution in [0.4, 0.5) is 0 Å². The SMILES string of the molecule is CC(=O)[S-].CCN(CC)C(=S)[S-].O[n+]1ccccc1[S-].[K+].[Na+].[Na+]. The summed E-state index contributed by atoms with van der Waals surface area (Å²) in [6, 6.07) is 5.13. The van der Waals surface area contributed by atoms with Gasteiger partial charge in [-0.05, 0) is 31.6 Å². The molecule has 0 aliphatic rings. The van der Waals surface area contributed by atoms with E-state index in [0.717, 1.165) is 17.8 Å². The van der Waals surface area contributed by atoms with E-state index >= 15 is 0 Å². The average molecular weight is 436 g/mol. The minimum Gasteiger partial charge on any atom is -0.742 e. The Labute approximate surface area is 248 Å². The molecule has 0 fully saturated rings. The topological polar surface area (TPSA) is 44.4 Å². The first-order chi connectivity index (χ1) is 9.26. The van der Waals surface area contributed by atoms with E-state index in [2.05, 4.69) is 25.3 Å². The summed E-state index contributed by atoms with van der Waals surface area (Å²) in [6.07, 6.45) is 1.49. The molecule has 1 rings (SSSR count). The van der Waals surface area contributed by atoms with E-state index < -0.39 is 0 Å². The molecule has 0 radical (unpaired) electrons. The molecule has 0 spiro atoms. The Hall–Kier alpha value is 2.81. The van der Waals surface area contributed by atoms with Crippen molar-refractivity contribution in [3.63, 3.8) is 0 Å². The van der Waals surface area contributed by atoms with Crippen LogP contribution in [0.15, 0.2) is 29.4 Å². The summed E-state index contributed by atoms with van der Waals surface area (Å²) in [5, 5.41) is 8.91. The van der Waals surface area contributed by atoms with Crippen molar-refractivity contribution in [1.29, 1.82) is 0 Å². The zero-order chi connectivity index (χ0) is 16.1. The quantitative estimate of drug-likeness (QED) is 0.163. The van der Waals surface area contributed by atoms with Gasteiger partial charge in [0.25, 0.3) is 0 Å². The molecule has 1 N–H and O–H groups in total. The van der Waals surface area contributed by atoms with Gasteiger partial charge in [-0.3, -0.25) is 5.21 Å². The van der Waals surface area contributed by atoms with Crippen molar-refractivity contribution >= 4 is 59.5 Å². The second kappa shape index (κ2) is 24.8. The largest absolute Gasteiger partial charge is 1.00 e. The minimum absolute atomic E-state index is 0. The molecule has 4 nitrogen and oxygen atoms in total. The van der Waals surface area contributed by atoms with Gasteiger partial charge in [0.05, 0.1) is 0 Å². The molecule has 1 aromatic rings. The van der Waals surface area contributed by atoms with E-state index in [4.69, 9.17) is 30.1 Å². The Bertz CT molecular complexity index is 403. The van der Waals surface area contributed by atoms with Crippen LogP contribution in [-0.4, -0.2) is 32.6 Å². The second-order valence-corrected chi connectivity index (χ2v) is 5.34. The average Bonchev–Trinajstić information content (AvgIpc) is 2.34. The summed E-state index contributed by atoms with van der Waals surface area (Å²) in [5.41, 5.74) is 0. The summed E-state index contributed by atoms with van der Waals surface area (Å²) >= 11 is 18.2. The van der Waals surface area contributed by atoms with Gasteiger partial charge in [-0.15, -0.1) is 0 Å². The molecular weight excluding hydrogens is 417 g/mol. The van der Waals surface area contributed by atoms with Crippen LogP contribution in [0.2, 0.25) is 0 Å². The molecule has 0 bridgehead atoms. The molecule has 1 aromatic heterocycles. The van der Waals surface area contributed by atoms with Gasteiger partial charge in [0.2, 0.25) is 6.20 Å². The first-order valence-corrected chi connectivity index (χ1v) is 7.39. The maximum Gasteiger partial charge on any atom is 1.00 e. The summed E-state index contributed by atoms with van der Waals surface area (Å²) < 4.78 is 1.48. The molecule has 11 heteroatoms. The van der Waals surface area contributed by atoms with Crippen LogP contribution in [0.5, 0.6) is 0 Å². The fourth-order valence-corrected chi connectivity index (χ4v) is 1.56. The minimum atomic E-state index is -0.250. The first-order valence-electron chi connectivity index (χ1n) is 5.76. The normalized spacial score (nSPS) is 7.26. The van der Waals surface area contributed by atoms with E-state index in [0.29, 0.717) is 9.35 Å². The van der Waals surface area contributed by atoms with Crippen LogP contribution in [0.25, 0.3) is 0 Å². The van der Waals surface area contributed by atoms with Crippen LogP contribution in [0, 0.1) is 0 Å². The van der Waals surface area contributed by atoms with Crippen LogP contribution in [0.1, 0.15) is 20.8 Å². The smallest absolute Gasteiger partial charge is 0.742 e. The predicted molar refractivity (Wildman–Crippen MR) is 90.4 cm³/mol. The van der Waals surface area contributed by atoms with Crippen LogP contribution < -0.4 is 115 Å². The third-order valence-corrected chi connectivity index (χ3v) is 2.66. The zero-order valence-corrected chi connectivity index (χ0v) is 25.0. The van der Waals surface area contributed by atoms with Gasteiger partial charge in [0.15, 0.2) is 0 Å². The first kappa shape index (κ1) is 36.7. The van der Waals surface area contributed by atoms with Gasteiger partial charge in [-0.1, -0.05) is 10.4 Å². The molecule has 0 saturated heterocycles. The Morgan fingerprint density at radius 3 is 1.78 bits per heavy atom. The van der Waals surface area contributed by atoms with Gasteiger partial charge in [-0.2, -0.15) is 0 Å². The maximum absolute atomic E-state index is 9.26. The molecular formula is C12H18KN2Na2O2S4+. The van der Waals surface area contributed by atoms with Crippen LogP contribution >= 0.6 is 12.2 Å². The van der Waals surface area contributed by atoms with E-state index in [1.165, 1.54) is 13.1 Å². The van der Waals surface area contributed by atoms with E-state index in [9.17, 15) is 4.79 Å². The number of nitrogens with zero attached hydrogens (tertiary/aromatic N) is 2. The van der Waals surface area contributed by atoms with Gasteiger partial charge in [-0.25, -0.2) is 0 Å². The standard InChI is InChI=1S/C5H5NOS.C5H11NS2.C2H4OS.K.2Na/c7-6-4-2-1-3-5(6)8;1-3-6(4-2)5(7)8;1-2(3)4;;;/h1-4,7H;3-4H2,1-2H3,(H,7,8);1H3,(H,3,4);;;/q;;;3*+1/p-2. The molecule has 0 aliphatic heterocycles. The number of hydrogen-bond acceptors (Lipinski definition) is 6. The second-order valence-electron chi connectivity index (χ2n) is 3.31. The van der Waals surface area contributed by atoms with Crippen molar-refractivity contribution in [3.05, 3.63) is 24.4 Å². The summed E-state index contributed by atoms with van der Waals surface area (Å²) in [5.74, 6) is 0. The number of hydrogen-bond donors (Lipinski definition) is 1. The molecule has 0 unspecified atom stereocenters. The number of pyridine rings is 1. The Kier molecular flexibility index (Phi) is 39.6. The number of aromatic nitrogens is 1. The summed E-state index contributed by atoms with van der Waals surface area (Å²) in [4.78, 5) is 11.2. The van der Waals surface area contributed by atoms with Crippen molar-refractivity contribution in [1.82, 2.24) is 4.90 Å². The molecule has 0 saturated carbocycles. The van der Waals surface area contributed by atoms with E-state index in [1.54, 1.807) is 18.2 Å². The third-order valence-electron chi connectivity index (χ3n) is 1.82. The molecule has 1 heterocycles. The molecule has 0 atom stereocenters. The Balaban J connectivity index is -0.0000000695. The van der Waals surface area contributed by atoms with Crippen molar-refractivity contribution in [2.24, 2.45) is 0 Å². The van der Waals surface area contributed by atoms with Crippen molar-refractivity contribution in [3.8, 4) is 0 Å². The molecule has 0 aromatic carbocycles. The van der Waals surface area contributed by atoms with E-state index in [-0.39, 0.29) is 116 Å². The van der Waals surface area contributed by atoms with Crippen LogP contribution in [0.3, 0.4) is 0 Å². The number of rotatable bonds is 2. The van der Waals surface area contributed by atoms with Gasteiger partial charge >= 0.3 is 110 Å². The fourth-order valence-electron chi connectivity index (χ4n) is 0.901. The molecule has 114 valence electrons. The number of thiocarbonyl (C=S) groups is 1. The van der Waals surface area contributed by atoms with Gasteiger partial charge < -0.3 is 59.8 Å². The molecule has 0 aliphatic carbocycles. The van der Waals surface area contributed by atoms with Gasteiger partial charge in [0.1, 0.15) is 5.03 Å². The van der Waals surface area contributed by atoms with Crippen molar-refractivity contribution in [2.45, 2.75) is 25.8 Å². The maximum atomic E-state index is 9.26. The molecule has 0 amide bonds. The monoisotopic (exact) mass is 435 g/mol. The molecule has 23 heavy (non-hydrogen) atoms. The fraction of sp³-hybridized carbons (Fsp3) is 0.417. The van der Waals surface area contributed by atoms with Crippen molar-refractivity contribution < 1.29 is 125 Å². The predicted octanol–water partition coefficient (Wildman–Crippen LogP) is -7.63. The summed E-state index contributed by atoms with van der Waals surface area (Å²) in [7, 11) is 0. The number of carbonyl (C=O) groups excluding carboxylic acids is 1. The Morgan fingerprint density at radius 2 is 1.65 bits per heavy atom. The zero-order valence-electron chi connectivity index (χ0n) is 14.6. The third kappa shape index (κ3) is 27.1. The van der Waals surface area contributed by atoms with Gasteiger partial charge in [0, 0.05) is 24.3 Å². The number of carbonyl (C=O) groups is 1. The van der Waals surface area contributed by atoms with Crippen molar-refractivity contribution in [2.75, 3.05) is 13.1 Å². The summed E-state index contributed by atoms with van der Waals surface area (Å²) in [6.45, 7) is 7.29. The van der Waals surface area contributed by atoms with E-state index in [1.807, 2.05) is 18.7 Å². The Morgan fingerprint density at radius 1 is 1.26 bits per heavy atom. The van der Waals surface area contributed by atoms with Crippen LogP contribution in [-0.2, 0) is 42.7 Å².